The first-order valence-electron chi connectivity index (χ1n) is 8.51. The Morgan fingerprint density at radius 1 is 1.24 bits per heavy atom. The summed E-state index contributed by atoms with van der Waals surface area (Å²) in [7, 11) is 0. The summed E-state index contributed by atoms with van der Waals surface area (Å²) < 4.78 is 7.17. The molecule has 1 amide bonds. The zero-order valence-corrected chi connectivity index (χ0v) is 15.1. The largest absolute Gasteiger partial charge is 0.488 e. The predicted octanol–water partition coefficient (Wildman–Crippen LogP) is 4.43. The molecule has 2 saturated carbocycles. The van der Waals surface area contributed by atoms with Crippen LogP contribution < -0.4 is 10.1 Å². The molecule has 1 N–H and O–H groups in total. The predicted molar refractivity (Wildman–Crippen MR) is 99.5 cm³/mol. The van der Waals surface area contributed by atoms with Gasteiger partial charge in [-0.2, -0.15) is 0 Å². The molecular weight excluding hydrogens is 354 g/mol. The summed E-state index contributed by atoms with van der Waals surface area (Å²) in [6, 6.07) is 5.98. The van der Waals surface area contributed by atoms with Crippen LogP contribution in [-0.4, -0.2) is 22.0 Å². The minimum Gasteiger partial charge on any atom is -0.488 e. The molecule has 0 aliphatic heterocycles. The highest BCUT2D eigenvalue weighted by Gasteiger charge is 2.37. The summed E-state index contributed by atoms with van der Waals surface area (Å²) in [6.45, 7) is 0. The summed E-state index contributed by atoms with van der Waals surface area (Å²) in [5, 5.41) is 5.75. The molecule has 0 radical (unpaired) electrons. The van der Waals surface area contributed by atoms with Crippen LogP contribution in [0.15, 0.2) is 29.1 Å². The van der Waals surface area contributed by atoms with E-state index < -0.39 is 0 Å². The Kier molecular flexibility index (Phi) is 3.71. The smallest absolute Gasteiger partial charge is 0.229 e. The van der Waals surface area contributed by atoms with Gasteiger partial charge in [-0.15, -0.1) is 22.7 Å². The van der Waals surface area contributed by atoms with Crippen LogP contribution in [0.3, 0.4) is 0 Å². The molecule has 2 aliphatic carbocycles. The first-order valence-corrected chi connectivity index (χ1v) is 10.3. The minimum atomic E-state index is 0.00733. The number of benzene rings is 1. The van der Waals surface area contributed by atoms with Gasteiger partial charge in [0, 0.05) is 17.2 Å². The molecule has 0 unspecified atom stereocenters. The number of para-hydroxylation sites is 1. The van der Waals surface area contributed by atoms with Crippen LogP contribution in [0.4, 0.5) is 5.13 Å². The average molecular weight is 371 g/mol. The van der Waals surface area contributed by atoms with Gasteiger partial charge in [-0.05, 0) is 37.8 Å². The highest BCUT2D eigenvalue weighted by molar-refractivity contribution is 7.16. The molecule has 0 atom stereocenters. The number of aromatic nitrogens is 2. The van der Waals surface area contributed by atoms with Gasteiger partial charge < -0.3 is 10.1 Å². The number of hydrogen-bond acceptors (Lipinski definition) is 6. The molecule has 0 bridgehead atoms. The van der Waals surface area contributed by atoms with E-state index in [9.17, 15) is 4.79 Å². The van der Waals surface area contributed by atoms with Crippen LogP contribution in [0.25, 0.3) is 10.2 Å². The normalized spacial score (nSPS) is 22.6. The Labute approximate surface area is 153 Å². The fourth-order valence-electron chi connectivity index (χ4n) is 3.13. The first kappa shape index (κ1) is 15.3. The lowest BCUT2D eigenvalue weighted by Crippen LogP contribution is -2.40. The van der Waals surface area contributed by atoms with Gasteiger partial charge in [-0.3, -0.25) is 4.79 Å². The Morgan fingerprint density at radius 3 is 2.96 bits per heavy atom. The Bertz CT molecular complexity index is 925. The third-order valence-corrected chi connectivity index (χ3v) is 6.40. The molecule has 5 rings (SSSR count). The van der Waals surface area contributed by atoms with E-state index in [-0.39, 0.29) is 17.9 Å². The van der Waals surface area contributed by atoms with Crippen molar-refractivity contribution in [2.24, 2.45) is 5.92 Å². The number of amides is 1. The van der Waals surface area contributed by atoms with E-state index in [1.165, 1.54) is 24.2 Å². The topological polar surface area (TPSA) is 64.1 Å². The first-order chi connectivity index (χ1) is 12.3. The van der Waals surface area contributed by atoms with E-state index in [0.29, 0.717) is 5.92 Å². The molecule has 3 aromatic rings. The van der Waals surface area contributed by atoms with Crippen molar-refractivity contribution in [3.63, 3.8) is 0 Å². The second-order valence-corrected chi connectivity index (χ2v) is 8.45. The van der Waals surface area contributed by atoms with Crippen LogP contribution >= 0.6 is 22.7 Å². The molecule has 2 aromatic heterocycles. The van der Waals surface area contributed by atoms with E-state index in [4.69, 9.17) is 4.74 Å². The van der Waals surface area contributed by atoms with E-state index in [1.807, 2.05) is 23.7 Å². The summed E-state index contributed by atoms with van der Waals surface area (Å²) in [5.74, 6) is 1.50. The van der Waals surface area contributed by atoms with E-state index >= 15 is 0 Å². The van der Waals surface area contributed by atoms with Crippen molar-refractivity contribution in [3.8, 4) is 5.75 Å². The lowest BCUT2D eigenvalue weighted by Gasteiger charge is -2.34. The molecule has 1 aromatic carbocycles. The maximum Gasteiger partial charge on any atom is 0.229 e. The lowest BCUT2D eigenvalue weighted by molar-refractivity contribution is -0.125. The molecule has 5 nitrogen and oxygen atoms in total. The number of carbonyl (C=O) groups excluding carboxylic acids is 1. The van der Waals surface area contributed by atoms with Crippen molar-refractivity contribution in [3.05, 3.63) is 34.8 Å². The fraction of sp³-hybridized carbons (Fsp3) is 0.389. The second kappa shape index (κ2) is 6.07. The molecule has 2 fully saturated rings. The van der Waals surface area contributed by atoms with Crippen molar-refractivity contribution in [2.75, 3.05) is 5.32 Å². The van der Waals surface area contributed by atoms with Gasteiger partial charge in [0.05, 0.1) is 15.9 Å². The molecule has 2 aliphatic rings. The van der Waals surface area contributed by atoms with Gasteiger partial charge in [0.1, 0.15) is 17.4 Å². The maximum atomic E-state index is 12.3. The number of thiazole rings is 2. The van der Waals surface area contributed by atoms with Crippen LogP contribution in [0, 0.1) is 5.92 Å². The third-order valence-electron chi connectivity index (χ3n) is 4.83. The number of hydrogen-bond donors (Lipinski definition) is 1. The number of nitrogens with zero attached hydrogens (tertiary/aromatic N) is 2. The van der Waals surface area contributed by atoms with Gasteiger partial charge >= 0.3 is 0 Å². The van der Waals surface area contributed by atoms with E-state index in [2.05, 4.69) is 20.7 Å². The minimum absolute atomic E-state index is 0.00733. The average Bonchev–Trinajstić information content (AvgIpc) is 3.12. The van der Waals surface area contributed by atoms with Crippen LogP contribution in [0.1, 0.15) is 37.3 Å². The number of carbonyl (C=O) groups is 1. The summed E-state index contributed by atoms with van der Waals surface area (Å²) in [4.78, 5) is 21.2. The standard InChI is InChI=1S/C18H17N3O2S2/c22-17(21-18-20-13(8-24-18)10-4-5-10)11-6-12(7-11)23-14-2-1-3-15-16(14)19-9-25-15/h1-3,8-12H,4-7H2,(H,20,21,22). The molecule has 7 heteroatoms. The number of anilines is 1. The van der Waals surface area contributed by atoms with Gasteiger partial charge in [-0.25, -0.2) is 9.97 Å². The van der Waals surface area contributed by atoms with E-state index in [0.717, 1.165) is 39.6 Å². The molecule has 2 heterocycles. The molecule has 0 saturated heterocycles. The summed E-state index contributed by atoms with van der Waals surface area (Å²) >= 11 is 3.13. The third kappa shape index (κ3) is 3.02. The van der Waals surface area contributed by atoms with Crippen molar-refractivity contribution in [1.29, 1.82) is 0 Å². The Morgan fingerprint density at radius 2 is 2.12 bits per heavy atom. The number of ether oxygens (including phenoxy) is 1. The quantitative estimate of drug-likeness (QED) is 0.721. The number of nitrogens with one attached hydrogen (secondary N) is 1. The molecule has 128 valence electrons. The Hall–Kier alpha value is -1.99. The summed E-state index contributed by atoms with van der Waals surface area (Å²) in [6.07, 6.45) is 4.02. The highest BCUT2D eigenvalue weighted by atomic mass is 32.1. The fourth-order valence-corrected chi connectivity index (χ4v) is 4.62. The highest BCUT2D eigenvalue weighted by Crippen LogP contribution is 2.41. The van der Waals surface area contributed by atoms with Gasteiger partial charge in [0.15, 0.2) is 5.13 Å². The van der Waals surface area contributed by atoms with Gasteiger partial charge in [0.25, 0.3) is 0 Å². The Balaban J connectivity index is 1.17. The number of fused-ring (bicyclic) bond motifs is 1. The van der Waals surface area contributed by atoms with E-state index in [1.54, 1.807) is 11.3 Å². The molecule has 25 heavy (non-hydrogen) atoms. The van der Waals surface area contributed by atoms with Crippen LogP contribution in [0.5, 0.6) is 5.75 Å². The monoisotopic (exact) mass is 371 g/mol. The zero-order valence-electron chi connectivity index (χ0n) is 13.5. The molecule has 0 spiro atoms. The van der Waals surface area contributed by atoms with Crippen molar-refractivity contribution in [2.45, 2.75) is 37.7 Å². The van der Waals surface area contributed by atoms with Crippen LogP contribution in [0.2, 0.25) is 0 Å². The summed E-state index contributed by atoms with van der Waals surface area (Å²) in [5.41, 5.74) is 3.88. The van der Waals surface area contributed by atoms with Gasteiger partial charge in [0.2, 0.25) is 5.91 Å². The SMILES string of the molecule is O=C(Nc1nc(C2CC2)cs1)C1CC(Oc2cccc3scnc23)C1. The number of rotatable bonds is 5. The van der Waals surface area contributed by atoms with Crippen molar-refractivity contribution < 1.29 is 9.53 Å². The van der Waals surface area contributed by atoms with Gasteiger partial charge in [-0.1, -0.05) is 6.07 Å². The maximum absolute atomic E-state index is 12.3. The molecular formula is C18H17N3O2S2. The second-order valence-electron chi connectivity index (χ2n) is 6.70. The van der Waals surface area contributed by atoms with Crippen molar-refractivity contribution >= 4 is 43.9 Å². The van der Waals surface area contributed by atoms with Crippen molar-refractivity contribution in [1.82, 2.24) is 9.97 Å². The lowest BCUT2D eigenvalue weighted by atomic mass is 9.81. The van der Waals surface area contributed by atoms with Crippen LogP contribution in [-0.2, 0) is 4.79 Å². The zero-order chi connectivity index (χ0) is 16.8.